The Morgan fingerprint density at radius 1 is 1.31 bits per heavy atom. The first kappa shape index (κ1) is 20.6. The van der Waals surface area contributed by atoms with E-state index in [9.17, 15) is 27.5 Å². The molecule has 1 aromatic carbocycles. The maximum atomic E-state index is 13.3. The van der Waals surface area contributed by atoms with Crippen molar-refractivity contribution in [3.8, 4) is 11.6 Å². The number of rotatable bonds is 5. The molecule has 0 saturated carbocycles. The highest BCUT2D eigenvalue weighted by Crippen LogP contribution is 2.34. The zero-order valence-electron chi connectivity index (χ0n) is 14.8. The summed E-state index contributed by atoms with van der Waals surface area (Å²) in [4.78, 5) is 19.3. The van der Waals surface area contributed by atoms with Gasteiger partial charge in [0.25, 0.3) is 0 Å². The summed E-state index contributed by atoms with van der Waals surface area (Å²) in [5.41, 5.74) is -2.76. The number of anilines is 1. The molecule has 3 N–H and O–H groups in total. The molecule has 12 heteroatoms. The Bertz CT molecular complexity index is 911. The number of hydrogen-bond acceptors (Lipinski definition) is 6. The lowest BCUT2D eigenvalue weighted by molar-refractivity contribution is -0.141. The molecule has 0 bridgehead atoms. The Morgan fingerprint density at radius 3 is 2.72 bits per heavy atom. The molecule has 1 atom stereocenters. The third kappa shape index (κ3) is 5.22. The first-order chi connectivity index (χ1) is 13.5. The minimum Gasteiger partial charge on any atom is -0.465 e. The number of amides is 1. The van der Waals surface area contributed by atoms with Crippen molar-refractivity contribution in [2.45, 2.75) is 18.2 Å². The minimum absolute atomic E-state index is 0.0497. The van der Waals surface area contributed by atoms with Crippen molar-refractivity contribution in [3.63, 3.8) is 0 Å². The Balaban J connectivity index is 1.87. The standard InChI is InChI=1S/C17H16F4N4O4/c18-10-2-1-3-11(6-10)29-13-7-12(17(19,20)21)23-14(24-13)25-5-4-16(28,9-25)8-22-15(26)27/h1-3,6-7,22,28H,4-5,8-9H2,(H,26,27). The smallest absolute Gasteiger partial charge is 0.433 e. The Labute approximate surface area is 161 Å². The van der Waals surface area contributed by atoms with Gasteiger partial charge in [0, 0.05) is 18.7 Å². The Hall–Kier alpha value is -3.15. The number of nitrogens with zero attached hydrogens (tertiary/aromatic N) is 3. The van der Waals surface area contributed by atoms with Crippen molar-refractivity contribution in [2.75, 3.05) is 24.5 Å². The number of carboxylic acid groups (broad SMARTS) is 1. The molecule has 8 nitrogen and oxygen atoms in total. The van der Waals surface area contributed by atoms with Crippen molar-refractivity contribution < 1.29 is 37.3 Å². The van der Waals surface area contributed by atoms with Crippen LogP contribution in [0.1, 0.15) is 12.1 Å². The van der Waals surface area contributed by atoms with Gasteiger partial charge in [-0.05, 0) is 18.6 Å². The molecule has 1 fully saturated rings. The quantitative estimate of drug-likeness (QED) is 0.643. The average Bonchev–Trinajstić information content (AvgIpc) is 3.02. The average molecular weight is 416 g/mol. The predicted octanol–water partition coefficient (Wildman–Crippen LogP) is 2.64. The van der Waals surface area contributed by atoms with E-state index in [1.165, 1.54) is 17.0 Å². The Kier molecular flexibility index (Phi) is 5.46. The predicted molar refractivity (Wildman–Crippen MR) is 91.3 cm³/mol. The van der Waals surface area contributed by atoms with E-state index in [0.29, 0.717) is 6.07 Å². The number of halogens is 4. The van der Waals surface area contributed by atoms with Gasteiger partial charge in [0.1, 0.15) is 17.2 Å². The van der Waals surface area contributed by atoms with E-state index in [1.807, 2.05) is 5.32 Å². The van der Waals surface area contributed by atoms with Gasteiger partial charge in [-0.2, -0.15) is 18.2 Å². The van der Waals surface area contributed by atoms with E-state index in [2.05, 4.69) is 9.97 Å². The fraction of sp³-hybridized carbons (Fsp3) is 0.353. The van der Waals surface area contributed by atoms with Crippen molar-refractivity contribution in [2.24, 2.45) is 0 Å². The lowest BCUT2D eigenvalue weighted by atomic mass is 10.0. The molecule has 29 heavy (non-hydrogen) atoms. The molecular formula is C17H16F4N4O4. The fourth-order valence-electron chi connectivity index (χ4n) is 2.81. The molecule has 2 aromatic rings. The molecule has 2 heterocycles. The van der Waals surface area contributed by atoms with Crippen LogP contribution in [0.5, 0.6) is 11.6 Å². The summed E-state index contributed by atoms with van der Waals surface area (Å²) >= 11 is 0. The molecule has 3 rings (SSSR count). The van der Waals surface area contributed by atoms with Crippen LogP contribution in [0, 0.1) is 5.82 Å². The van der Waals surface area contributed by atoms with Gasteiger partial charge in [-0.1, -0.05) is 6.07 Å². The topological polar surface area (TPSA) is 108 Å². The molecule has 156 valence electrons. The third-order valence-corrected chi connectivity index (χ3v) is 4.18. The number of aromatic nitrogens is 2. The maximum absolute atomic E-state index is 13.3. The molecular weight excluding hydrogens is 400 g/mol. The van der Waals surface area contributed by atoms with Gasteiger partial charge in [0.15, 0.2) is 5.69 Å². The highest BCUT2D eigenvalue weighted by atomic mass is 19.4. The first-order valence-corrected chi connectivity index (χ1v) is 8.38. The highest BCUT2D eigenvalue weighted by Gasteiger charge is 2.39. The number of nitrogens with one attached hydrogen (secondary N) is 1. The number of hydrogen-bond donors (Lipinski definition) is 3. The summed E-state index contributed by atoms with van der Waals surface area (Å²) in [7, 11) is 0. The van der Waals surface area contributed by atoms with Gasteiger partial charge in [-0.3, -0.25) is 0 Å². The normalized spacial score (nSPS) is 19.3. The number of alkyl halides is 3. The fourth-order valence-corrected chi connectivity index (χ4v) is 2.81. The van der Waals surface area contributed by atoms with Crippen LogP contribution in [0.4, 0.5) is 28.3 Å². The van der Waals surface area contributed by atoms with E-state index in [0.717, 1.165) is 12.1 Å². The molecule has 0 aliphatic carbocycles. The number of β-amino-alcohol motifs (C(OH)–C–C–N with tert-alkyl or cyclic N) is 1. The van der Waals surface area contributed by atoms with Crippen molar-refractivity contribution in [1.82, 2.24) is 15.3 Å². The first-order valence-electron chi connectivity index (χ1n) is 8.38. The highest BCUT2D eigenvalue weighted by molar-refractivity contribution is 5.64. The lowest BCUT2D eigenvalue weighted by Crippen LogP contribution is -2.44. The second-order valence-electron chi connectivity index (χ2n) is 6.50. The second-order valence-corrected chi connectivity index (χ2v) is 6.50. The number of carbonyl (C=O) groups is 1. The zero-order valence-corrected chi connectivity index (χ0v) is 14.8. The van der Waals surface area contributed by atoms with Gasteiger partial charge in [0.05, 0.1) is 13.1 Å². The van der Waals surface area contributed by atoms with Gasteiger partial charge in [0.2, 0.25) is 11.8 Å². The van der Waals surface area contributed by atoms with Crippen molar-refractivity contribution >= 4 is 12.0 Å². The van der Waals surface area contributed by atoms with Crippen LogP contribution in [0.3, 0.4) is 0 Å². The number of aliphatic hydroxyl groups is 1. The van der Waals surface area contributed by atoms with E-state index in [4.69, 9.17) is 9.84 Å². The summed E-state index contributed by atoms with van der Waals surface area (Å²) in [5.74, 6) is -1.49. The molecule has 1 aromatic heterocycles. The summed E-state index contributed by atoms with van der Waals surface area (Å²) in [5, 5.41) is 21.1. The molecule has 0 spiro atoms. The second kappa shape index (κ2) is 7.70. The van der Waals surface area contributed by atoms with Crippen molar-refractivity contribution in [1.29, 1.82) is 0 Å². The van der Waals surface area contributed by atoms with Crippen LogP contribution >= 0.6 is 0 Å². The van der Waals surface area contributed by atoms with Crippen molar-refractivity contribution in [3.05, 3.63) is 41.8 Å². The summed E-state index contributed by atoms with van der Waals surface area (Å²) in [6, 6.07) is 5.40. The molecule has 1 amide bonds. The largest absolute Gasteiger partial charge is 0.465 e. The Morgan fingerprint density at radius 2 is 2.07 bits per heavy atom. The summed E-state index contributed by atoms with van der Waals surface area (Å²) in [6.07, 6.45) is -6.04. The van der Waals surface area contributed by atoms with Gasteiger partial charge < -0.3 is 25.2 Å². The van der Waals surface area contributed by atoms with E-state index in [1.54, 1.807) is 0 Å². The van der Waals surface area contributed by atoms with Crippen LogP contribution in [0.25, 0.3) is 0 Å². The number of ether oxygens (including phenoxy) is 1. The number of benzene rings is 1. The van der Waals surface area contributed by atoms with Gasteiger partial charge >= 0.3 is 12.3 Å². The van der Waals surface area contributed by atoms with Crippen LogP contribution in [-0.2, 0) is 6.18 Å². The van der Waals surface area contributed by atoms with Gasteiger partial charge in [-0.15, -0.1) is 0 Å². The summed E-state index contributed by atoms with van der Waals surface area (Å²) < 4.78 is 58.3. The van der Waals surface area contributed by atoms with Crippen LogP contribution in [-0.4, -0.2) is 51.5 Å². The van der Waals surface area contributed by atoms with Crippen LogP contribution < -0.4 is 15.0 Å². The van der Waals surface area contributed by atoms with E-state index in [-0.39, 0.29) is 37.8 Å². The minimum atomic E-state index is -4.79. The van der Waals surface area contributed by atoms with Gasteiger partial charge in [-0.25, -0.2) is 14.2 Å². The van der Waals surface area contributed by atoms with Crippen LogP contribution in [0.15, 0.2) is 30.3 Å². The third-order valence-electron chi connectivity index (χ3n) is 4.18. The molecule has 1 aliphatic rings. The molecule has 1 unspecified atom stereocenters. The molecule has 1 aliphatic heterocycles. The van der Waals surface area contributed by atoms with E-state index < -0.39 is 35.3 Å². The monoisotopic (exact) mass is 416 g/mol. The zero-order chi connectivity index (χ0) is 21.2. The van der Waals surface area contributed by atoms with Crippen LogP contribution in [0.2, 0.25) is 0 Å². The summed E-state index contributed by atoms with van der Waals surface area (Å²) in [6.45, 7) is -0.392. The lowest BCUT2D eigenvalue weighted by Gasteiger charge is -2.23. The SMILES string of the molecule is O=C(O)NCC1(O)CCN(c2nc(Oc3cccc(F)c3)cc(C(F)(F)F)n2)C1. The van der Waals surface area contributed by atoms with E-state index >= 15 is 0 Å². The maximum Gasteiger partial charge on any atom is 0.433 e. The molecule has 0 radical (unpaired) electrons. The molecule has 1 saturated heterocycles.